The molecule has 2 rings (SSSR count). The summed E-state index contributed by atoms with van der Waals surface area (Å²) in [6.45, 7) is 0.722. The number of thioether (sulfide) groups is 1. The summed E-state index contributed by atoms with van der Waals surface area (Å²) >= 11 is 7.60. The quantitative estimate of drug-likeness (QED) is 0.867. The fourth-order valence-corrected chi connectivity index (χ4v) is 2.58. The van der Waals surface area contributed by atoms with Gasteiger partial charge in [-0.05, 0) is 17.7 Å². The van der Waals surface area contributed by atoms with E-state index in [9.17, 15) is 5.11 Å². The van der Waals surface area contributed by atoms with Gasteiger partial charge < -0.3 is 9.84 Å². The van der Waals surface area contributed by atoms with Crippen LogP contribution < -0.4 is 0 Å². The van der Waals surface area contributed by atoms with E-state index in [2.05, 4.69) is 0 Å². The summed E-state index contributed by atoms with van der Waals surface area (Å²) < 4.78 is 5.52. The van der Waals surface area contributed by atoms with Crippen molar-refractivity contribution in [1.82, 2.24) is 0 Å². The Hall–Kier alpha value is -0.220. The lowest BCUT2D eigenvalue weighted by atomic mass is 10.1. The van der Waals surface area contributed by atoms with Crippen molar-refractivity contribution in [3.8, 4) is 0 Å². The van der Waals surface area contributed by atoms with Gasteiger partial charge in [0.05, 0.1) is 12.7 Å². The minimum Gasteiger partial charge on any atom is -0.386 e. The second kappa shape index (κ2) is 5.21. The maximum atomic E-state index is 10.1. The van der Waals surface area contributed by atoms with Gasteiger partial charge in [-0.15, -0.1) is 0 Å². The summed E-state index contributed by atoms with van der Waals surface area (Å²) in [6, 6.07) is 7.26. The Morgan fingerprint density at radius 1 is 1.40 bits per heavy atom. The number of benzene rings is 1. The van der Waals surface area contributed by atoms with Crippen LogP contribution in [0.15, 0.2) is 24.3 Å². The summed E-state index contributed by atoms with van der Waals surface area (Å²) in [5, 5.41) is 10.7. The van der Waals surface area contributed by atoms with Crippen molar-refractivity contribution in [2.24, 2.45) is 0 Å². The monoisotopic (exact) mass is 244 g/mol. The van der Waals surface area contributed by atoms with E-state index >= 15 is 0 Å². The molecule has 82 valence electrons. The van der Waals surface area contributed by atoms with Crippen molar-refractivity contribution in [1.29, 1.82) is 0 Å². The predicted octanol–water partition coefficient (Wildman–Crippen LogP) is 2.51. The Balaban J connectivity index is 2.05. The average Bonchev–Trinajstić information content (AvgIpc) is 2.30. The molecule has 4 heteroatoms. The molecule has 0 aromatic heterocycles. The van der Waals surface area contributed by atoms with Gasteiger partial charge in [-0.1, -0.05) is 23.7 Å². The van der Waals surface area contributed by atoms with E-state index in [-0.39, 0.29) is 6.10 Å². The van der Waals surface area contributed by atoms with Crippen molar-refractivity contribution in [3.63, 3.8) is 0 Å². The molecule has 2 nitrogen and oxygen atoms in total. The van der Waals surface area contributed by atoms with Crippen molar-refractivity contribution >= 4 is 23.4 Å². The van der Waals surface area contributed by atoms with Crippen LogP contribution in [-0.4, -0.2) is 29.3 Å². The van der Waals surface area contributed by atoms with Gasteiger partial charge in [0.15, 0.2) is 0 Å². The fraction of sp³-hybridized carbons (Fsp3) is 0.455. The molecule has 1 heterocycles. The zero-order valence-electron chi connectivity index (χ0n) is 8.23. The lowest BCUT2D eigenvalue weighted by Gasteiger charge is -2.26. The zero-order valence-corrected chi connectivity index (χ0v) is 9.80. The number of hydrogen-bond donors (Lipinski definition) is 1. The number of ether oxygens (including phenoxy) is 1. The molecule has 1 aromatic carbocycles. The number of halogens is 1. The van der Waals surface area contributed by atoms with Gasteiger partial charge in [0.25, 0.3) is 0 Å². The molecule has 0 bridgehead atoms. The van der Waals surface area contributed by atoms with Crippen LogP contribution in [0, 0.1) is 0 Å². The molecule has 0 spiro atoms. The highest BCUT2D eigenvalue weighted by Gasteiger charge is 2.24. The molecule has 15 heavy (non-hydrogen) atoms. The number of hydrogen-bond acceptors (Lipinski definition) is 3. The Labute approximate surface area is 98.6 Å². The van der Waals surface area contributed by atoms with E-state index in [4.69, 9.17) is 16.3 Å². The Kier molecular flexibility index (Phi) is 3.92. The van der Waals surface area contributed by atoms with Crippen LogP contribution in [0.2, 0.25) is 5.02 Å². The SMILES string of the molecule is OC(c1ccc(Cl)cc1)C1CSCCO1. The molecule has 0 aliphatic carbocycles. The first kappa shape index (κ1) is 11.3. The largest absolute Gasteiger partial charge is 0.386 e. The van der Waals surface area contributed by atoms with E-state index in [1.807, 2.05) is 23.9 Å². The van der Waals surface area contributed by atoms with Crippen LogP contribution >= 0.6 is 23.4 Å². The van der Waals surface area contributed by atoms with Crippen LogP contribution in [0.5, 0.6) is 0 Å². The van der Waals surface area contributed by atoms with Gasteiger partial charge in [0.1, 0.15) is 6.10 Å². The van der Waals surface area contributed by atoms with Crippen molar-refractivity contribution in [3.05, 3.63) is 34.9 Å². The minimum atomic E-state index is -0.546. The third-order valence-electron chi connectivity index (χ3n) is 2.41. The summed E-state index contributed by atoms with van der Waals surface area (Å²) in [5.74, 6) is 1.87. The molecule has 1 aliphatic heterocycles. The van der Waals surface area contributed by atoms with E-state index in [1.165, 1.54) is 0 Å². The predicted molar refractivity (Wildman–Crippen MR) is 63.5 cm³/mol. The third-order valence-corrected chi connectivity index (χ3v) is 3.68. The topological polar surface area (TPSA) is 29.5 Å². The molecule has 0 amide bonds. The standard InChI is InChI=1S/C11H13ClO2S/c12-9-3-1-8(2-4-9)11(13)10-7-15-6-5-14-10/h1-4,10-11,13H,5-7H2. The summed E-state index contributed by atoms with van der Waals surface area (Å²) in [5.41, 5.74) is 0.868. The first-order valence-corrected chi connectivity index (χ1v) is 6.43. The second-order valence-corrected chi connectivity index (χ2v) is 5.07. The number of aliphatic hydroxyl groups excluding tert-OH is 1. The van der Waals surface area contributed by atoms with E-state index in [0.29, 0.717) is 5.02 Å². The van der Waals surface area contributed by atoms with Gasteiger partial charge in [-0.2, -0.15) is 11.8 Å². The van der Waals surface area contributed by atoms with Gasteiger partial charge in [0, 0.05) is 16.5 Å². The van der Waals surface area contributed by atoms with Crippen molar-refractivity contribution < 1.29 is 9.84 Å². The Morgan fingerprint density at radius 3 is 2.73 bits per heavy atom. The molecule has 1 N–H and O–H groups in total. The van der Waals surface area contributed by atoms with Crippen LogP contribution in [-0.2, 0) is 4.74 Å². The van der Waals surface area contributed by atoms with E-state index in [1.54, 1.807) is 12.1 Å². The number of aliphatic hydroxyl groups is 1. The lowest BCUT2D eigenvalue weighted by Crippen LogP contribution is -2.29. The minimum absolute atomic E-state index is 0.0927. The molecular formula is C11H13ClO2S. The summed E-state index contributed by atoms with van der Waals surface area (Å²) in [6.07, 6.45) is -0.639. The highest BCUT2D eigenvalue weighted by molar-refractivity contribution is 7.99. The molecule has 1 saturated heterocycles. The Morgan fingerprint density at radius 2 is 2.13 bits per heavy atom. The Bertz CT molecular complexity index is 309. The van der Waals surface area contributed by atoms with Crippen LogP contribution in [0.3, 0.4) is 0 Å². The smallest absolute Gasteiger partial charge is 0.106 e. The molecular weight excluding hydrogens is 232 g/mol. The van der Waals surface area contributed by atoms with Crippen LogP contribution in [0.4, 0.5) is 0 Å². The molecule has 0 radical (unpaired) electrons. The van der Waals surface area contributed by atoms with E-state index < -0.39 is 6.10 Å². The van der Waals surface area contributed by atoms with Gasteiger partial charge in [-0.25, -0.2) is 0 Å². The second-order valence-electron chi connectivity index (χ2n) is 3.48. The van der Waals surface area contributed by atoms with E-state index in [0.717, 1.165) is 23.7 Å². The van der Waals surface area contributed by atoms with Gasteiger partial charge in [-0.3, -0.25) is 0 Å². The molecule has 1 aromatic rings. The average molecular weight is 245 g/mol. The number of rotatable bonds is 2. The molecule has 1 aliphatic rings. The van der Waals surface area contributed by atoms with Crippen molar-refractivity contribution in [2.45, 2.75) is 12.2 Å². The molecule has 2 unspecified atom stereocenters. The molecule has 0 saturated carbocycles. The first-order valence-electron chi connectivity index (χ1n) is 4.90. The normalized spacial score (nSPS) is 23.7. The summed E-state index contributed by atoms with van der Waals surface area (Å²) in [4.78, 5) is 0. The van der Waals surface area contributed by atoms with Crippen molar-refractivity contribution in [2.75, 3.05) is 18.1 Å². The first-order chi connectivity index (χ1) is 7.27. The van der Waals surface area contributed by atoms with Crippen LogP contribution in [0.25, 0.3) is 0 Å². The zero-order chi connectivity index (χ0) is 10.7. The lowest BCUT2D eigenvalue weighted by molar-refractivity contribution is -0.0227. The molecule has 2 atom stereocenters. The van der Waals surface area contributed by atoms with Crippen LogP contribution in [0.1, 0.15) is 11.7 Å². The fourth-order valence-electron chi connectivity index (χ4n) is 1.56. The van der Waals surface area contributed by atoms with Gasteiger partial charge in [0.2, 0.25) is 0 Å². The maximum absolute atomic E-state index is 10.1. The third kappa shape index (κ3) is 2.88. The van der Waals surface area contributed by atoms with Gasteiger partial charge >= 0.3 is 0 Å². The highest BCUT2D eigenvalue weighted by atomic mass is 35.5. The molecule has 1 fully saturated rings. The highest BCUT2D eigenvalue weighted by Crippen LogP contribution is 2.26. The maximum Gasteiger partial charge on any atom is 0.106 e. The summed E-state index contributed by atoms with van der Waals surface area (Å²) in [7, 11) is 0.